The van der Waals surface area contributed by atoms with Crippen molar-refractivity contribution in [2.75, 3.05) is 0 Å². The third-order valence-electron chi connectivity index (χ3n) is 2.58. The fourth-order valence-electron chi connectivity index (χ4n) is 1.94. The summed E-state index contributed by atoms with van der Waals surface area (Å²) >= 11 is 0. The topological polar surface area (TPSA) is 36.0 Å². The van der Waals surface area contributed by atoms with Crippen LogP contribution in [0.4, 0.5) is 13.2 Å². The quantitative estimate of drug-likeness (QED) is 0.724. The number of rotatable bonds is 1. The first kappa shape index (κ1) is 11.0. The molecule has 0 bridgehead atoms. The summed E-state index contributed by atoms with van der Waals surface area (Å²) in [4.78, 5) is 2.71. The summed E-state index contributed by atoms with van der Waals surface area (Å²) in [5.74, 6) is -4.04. The Labute approximate surface area is 89.7 Å². The fourth-order valence-corrected chi connectivity index (χ4v) is 1.94. The van der Waals surface area contributed by atoms with E-state index in [1.807, 2.05) is 0 Å². The van der Waals surface area contributed by atoms with Crippen molar-refractivity contribution in [2.45, 2.75) is 20.0 Å². The molecular formula is C11H10F3NO. The van der Waals surface area contributed by atoms with Gasteiger partial charge in [-0.05, 0) is 13.8 Å². The monoisotopic (exact) mass is 229 g/mol. The Hall–Kier alpha value is -1.49. The first-order valence-corrected chi connectivity index (χ1v) is 4.77. The predicted molar refractivity (Wildman–Crippen MR) is 53.5 cm³/mol. The van der Waals surface area contributed by atoms with Gasteiger partial charge in [-0.2, -0.15) is 0 Å². The Morgan fingerprint density at radius 2 is 1.88 bits per heavy atom. The molecule has 0 aliphatic rings. The molecule has 5 heteroatoms. The lowest BCUT2D eigenvalue weighted by Gasteiger charge is -2.05. The van der Waals surface area contributed by atoms with Crippen LogP contribution in [0.2, 0.25) is 0 Å². The van der Waals surface area contributed by atoms with Gasteiger partial charge in [0.25, 0.3) is 0 Å². The van der Waals surface area contributed by atoms with Crippen molar-refractivity contribution in [2.24, 2.45) is 0 Å². The number of halogens is 3. The van der Waals surface area contributed by atoms with E-state index >= 15 is 0 Å². The van der Waals surface area contributed by atoms with E-state index in [0.717, 1.165) is 6.07 Å². The van der Waals surface area contributed by atoms with Crippen LogP contribution in [0.5, 0.6) is 0 Å². The number of nitrogens with one attached hydrogen (secondary N) is 1. The normalized spacial score (nSPS) is 13.4. The molecule has 0 aliphatic carbocycles. The van der Waals surface area contributed by atoms with Crippen molar-refractivity contribution in [1.82, 2.24) is 4.98 Å². The second-order valence-electron chi connectivity index (χ2n) is 3.75. The van der Waals surface area contributed by atoms with Crippen LogP contribution < -0.4 is 0 Å². The Morgan fingerprint density at radius 3 is 2.44 bits per heavy atom. The lowest BCUT2D eigenvalue weighted by molar-refractivity contribution is 0.200. The smallest absolute Gasteiger partial charge is 0.195 e. The van der Waals surface area contributed by atoms with E-state index in [0.29, 0.717) is 5.69 Å². The minimum atomic E-state index is -1.52. The Bertz CT molecular complexity index is 560. The number of aryl methyl sites for hydroxylation is 1. The Kier molecular flexibility index (Phi) is 2.42. The number of aromatic amines is 1. The number of H-pyrrole nitrogens is 1. The van der Waals surface area contributed by atoms with Crippen molar-refractivity contribution < 1.29 is 18.3 Å². The maximum atomic E-state index is 13.5. The molecule has 1 aromatic heterocycles. The highest BCUT2D eigenvalue weighted by Gasteiger charge is 2.21. The molecule has 0 spiro atoms. The summed E-state index contributed by atoms with van der Waals surface area (Å²) in [6.07, 6.45) is -0.951. The van der Waals surface area contributed by atoms with Gasteiger partial charge in [-0.3, -0.25) is 0 Å². The Morgan fingerprint density at radius 1 is 1.25 bits per heavy atom. The number of aromatic nitrogens is 1. The van der Waals surface area contributed by atoms with E-state index in [4.69, 9.17) is 0 Å². The molecule has 1 unspecified atom stereocenters. The van der Waals surface area contributed by atoms with Gasteiger partial charge in [-0.25, -0.2) is 13.2 Å². The largest absolute Gasteiger partial charge is 0.389 e. The molecule has 0 saturated carbocycles. The van der Waals surface area contributed by atoms with E-state index in [2.05, 4.69) is 4.98 Å². The maximum Gasteiger partial charge on any atom is 0.195 e. The molecule has 2 aromatic rings. The van der Waals surface area contributed by atoms with Crippen molar-refractivity contribution >= 4 is 10.9 Å². The van der Waals surface area contributed by atoms with Gasteiger partial charge in [-0.15, -0.1) is 0 Å². The average Bonchev–Trinajstić information content (AvgIpc) is 2.51. The molecule has 0 fully saturated rings. The number of hydrogen-bond acceptors (Lipinski definition) is 1. The molecule has 16 heavy (non-hydrogen) atoms. The van der Waals surface area contributed by atoms with Crippen molar-refractivity contribution in [3.63, 3.8) is 0 Å². The number of aliphatic hydroxyl groups excluding tert-OH is 1. The summed E-state index contributed by atoms with van der Waals surface area (Å²) in [5.41, 5.74) is 0.894. The van der Waals surface area contributed by atoms with E-state index in [9.17, 15) is 18.3 Å². The van der Waals surface area contributed by atoms with Crippen LogP contribution in [0.15, 0.2) is 6.07 Å². The summed E-state index contributed by atoms with van der Waals surface area (Å²) in [5, 5.41) is 9.38. The lowest BCUT2D eigenvalue weighted by Crippen LogP contribution is -1.96. The van der Waals surface area contributed by atoms with Gasteiger partial charge in [0.05, 0.1) is 11.6 Å². The van der Waals surface area contributed by atoms with Crippen molar-refractivity contribution in [3.05, 3.63) is 34.8 Å². The molecule has 2 N–H and O–H groups in total. The van der Waals surface area contributed by atoms with Crippen LogP contribution in [-0.2, 0) is 0 Å². The standard InChI is InChI=1S/C11H10F3NO/c1-4-8(5(2)16)9-7(15-4)3-6(12)10(13)11(9)14/h3,5,15-16H,1-2H3. The average molecular weight is 229 g/mol. The van der Waals surface area contributed by atoms with Gasteiger partial charge in [0, 0.05) is 22.7 Å². The van der Waals surface area contributed by atoms with Crippen molar-refractivity contribution in [3.8, 4) is 0 Å². The molecule has 86 valence electrons. The highest BCUT2D eigenvalue weighted by atomic mass is 19.2. The van der Waals surface area contributed by atoms with Gasteiger partial charge in [0.15, 0.2) is 17.5 Å². The molecule has 2 nitrogen and oxygen atoms in total. The molecule has 0 saturated heterocycles. The van der Waals surface area contributed by atoms with Crippen LogP contribution in [0, 0.1) is 24.4 Å². The number of fused-ring (bicyclic) bond motifs is 1. The summed E-state index contributed by atoms with van der Waals surface area (Å²) in [6.45, 7) is 3.05. The Balaban J connectivity index is 2.93. The molecule has 0 amide bonds. The van der Waals surface area contributed by atoms with E-state index < -0.39 is 23.6 Å². The highest BCUT2D eigenvalue weighted by molar-refractivity contribution is 5.85. The van der Waals surface area contributed by atoms with Gasteiger partial charge in [0.2, 0.25) is 0 Å². The van der Waals surface area contributed by atoms with Gasteiger partial charge >= 0.3 is 0 Å². The number of hydrogen-bond donors (Lipinski definition) is 2. The molecule has 1 heterocycles. The van der Waals surface area contributed by atoms with Crippen LogP contribution in [0.25, 0.3) is 10.9 Å². The highest BCUT2D eigenvalue weighted by Crippen LogP contribution is 2.31. The summed E-state index contributed by atoms with van der Waals surface area (Å²) < 4.78 is 39.6. The third-order valence-corrected chi connectivity index (χ3v) is 2.58. The molecule has 0 radical (unpaired) electrons. The van der Waals surface area contributed by atoms with Gasteiger partial charge in [0.1, 0.15) is 0 Å². The molecule has 2 rings (SSSR count). The summed E-state index contributed by atoms with van der Waals surface area (Å²) in [6, 6.07) is 0.882. The van der Waals surface area contributed by atoms with Crippen LogP contribution >= 0.6 is 0 Å². The molecule has 1 aromatic carbocycles. The first-order valence-electron chi connectivity index (χ1n) is 4.77. The van der Waals surface area contributed by atoms with E-state index in [1.54, 1.807) is 6.92 Å². The SMILES string of the molecule is Cc1[nH]c2cc(F)c(F)c(F)c2c1C(C)O. The minimum absolute atomic E-state index is 0.0913. The predicted octanol–water partition coefficient (Wildman–Crippen LogP) is 2.95. The molecule has 0 aliphatic heterocycles. The van der Waals surface area contributed by atoms with E-state index in [-0.39, 0.29) is 16.5 Å². The zero-order valence-corrected chi connectivity index (χ0v) is 8.74. The molecule has 1 atom stereocenters. The third kappa shape index (κ3) is 1.39. The first-order chi connectivity index (χ1) is 7.43. The zero-order valence-electron chi connectivity index (χ0n) is 8.74. The van der Waals surface area contributed by atoms with Gasteiger partial charge < -0.3 is 10.1 Å². The zero-order chi connectivity index (χ0) is 12.0. The molecular weight excluding hydrogens is 219 g/mol. The van der Waals surface area contributed by atoms with Gasteiger partial charge in [-0.1, -0.05) is 0 Å². The maximum absolute atomic E-state index is 13.5. The number of benzene rings is 1. The van der Waals surface area contributed by atoms with E-state index in [1.165, 1.54) is 6.92 Å². The fraction of sp³-hybridized carbons (Fsp3) is 0.273. The van der Waals surface area contributed by atoms with Crippen molar-refractivity contribution in [1.29, 1.82) is 0 Å². The number of aliphatic hydroxyl groups is 1. The van der Waals surface area contributed by atoms with Crippen LogP contribution in [0.1, 0.15) is 24.3 Å². The van der Waals surface area contributed by atoms with Crippen LogP contribution in [0.3, 0.4) is 0 Å². The second kappa shape index (κ2) is 3.52. The lowest BCUT2D eigenvalue weighted by atomic mass is 10.1. The summed E-state index contributed by atoms with van der Waals surface area (Å²) in [7, 11) is 0. The second-order valence-corrected chi connectivity index (χ2v) is 3.75. The minimum Gasteiger partial charge on any atom is -0.389 e. The van der Waals surface area contributed by atoms with Crippen LogP contribution in [-0.4, -0.2) is 10.1 Å².